The van der Waals surface area contributed by atoms with Crippen LogP contribution >= 0.6 is 0 Å². The Morgan fingerprint density at radius 1 is 0.885 bits per heavy atom. The average Bonchev–Trinajstić information content (AvgIpc) is 3.08. The average molecular weight is 361 g/mol. The highest BCUT2D eigenvalue weighted by Crippen LogP contribution is 2.23. The minimum atomic E-state index is -0.0751. The lowest BCUT2D eigenvalue weighted by Gasteiger charge is -2.32. The number of carbonyl (C=O) groups excluding carboxylic acids is 2. The molecule has 0 saturated carbocycles. The number of morpholine rings is 1. The summed E-state index contributed by atoms with van der Waals surface area (Å²) in [6.45, 7) is 6.25. The largest absolute Gasteiger partial charge is 0.378 e. The van der Waals surface area contributed by atoms with E-state index in [9.17, 15) is 9.59 Å². The molecule has 0 atom stereocenters. The van der Waals surface area contributed by atoms with Gasteiger partial charge in [-0.3, -0.25) is 9.59 Å². The molecule has 8 heteroatoms. The van der Waals surface area contributed by atoms with Crippen LogP contribution in [-0.4, -0.2) is 95.6 Å². The summed E-state index contributed by atoms with van der Waals surface area (Å²) in [5.41, 5.74) is 1.43. The molecular weight excluding hydrogens is 334 g/mol. The predicted octanol–water partition coefficient (Wildman–Crippen LogP) is 0.0794. The summed E-state index contributed by atoms with van der Waals surface area (Å²) in [7, 11) is 2.07. The normalized spacial score (nSPS) is 21.6. The highest BCUT2D eigenvalue weighted by atomic mass is 16.5. The molecule has 0 aliphatic carbocycles. The van der Waals surface area contributed by atoms with Crippen LogP contribution in [0, 0.1) is 0 Å². The Labute approximate surface area is 153 Å². The van der Waals surface area contributed by atoms with E-state index in [2.05, 4.69) is 16.9 Å². The van der Waals surface area contributed by atoms with Gasteiger partial charge in [-0.05, 0) is 26.3 Å². The van der Waals surface area contributed by atoms with Gasteiger partial charge in [0, 0.05) is 45.8 Å². The van der Waals surface area contributed by atoms with Crippen LogP contribution in [0.4, 0.5) is 0 Å². The quantitative estimate of drug-likeness (QED) is 0.746. The van der Waals surface area contributed by atoms with Gasteiger partial charge in [-0.1, -0.05) is 0 Å². The molecule has 0 unspecified atom stereocenters. The predicted molar refractivity (Wildman–Crippen MR) is 95.3 cm³/mol. The number of amides is 2. The van der Waals surface area contributed by atoms with Crippen LogP contribution in [-0.2, 0) is 17.7 Å². The topological polar surface area (TPSA) is 70.9 Å². The molecule has 3 aliphatic rings. The Kier molecular flexibility index (Phi) is 4.95. The second kappa shape index (κ2) is 7.36. The standard InChI is InChI=1S/C18H27N5O3/c1-20-6-8-21(9-7-20)17(24)15-14-4-2-3-5-23(14)16(19-15)18(25)22-10-12-26-13-11-22/h2-13H2,1H3. The van der Waals surface area contributed by atoms with Crippen molar-refractivity contribution in [3.8, 4) is 0 Å². The fourth-order valence-electron chi connectivity index (χ4n) is 3.94. The van der Waals surface area contributed by atoms with Gasteiger partial charge in [0.1, 0.15) is 5.69 Å². The summed E-state index contributed by atoms with van der Waals surface area (Å²) in [4.78, 5) is 36.5. The smallest absolute Gasteiger partial charge is 0.290 e. The van der Waals surface area contributed by atoms with Gasteiger partial charge in [0.15, 0.2) is 5.82 Å². The summed E-state index contributed by atoms with van der Waals surface area (Å²) >= 11 is 0. The molecule has 1 aromatic heterocycles. The zero-order valence-electron chi connectivity index (χ0n) is 15.4. The summed E-state index contributed by atoms with van der Waals surface area (Å²) in [6.07, 6.45) is 2.88. The van der Waals surface area contributed by atoms with Gasteiger partial charge in [-0.2, -0.15) is 0 Å². The number of fused-ring (bicyclic) bond motifs is 1. The van der Waals surface area contributed by atoms with Crippen LogP contribution in [0.3, 0.4) is 0 Å². The minimum Gasteiger partial charge on any atom is -0.378 e. The third kappa shape index (κ3) is 3.23. The molecular formula is C18H27N5O3. The first-order valence-electron chi connectivity index (χ1n) is 9.59. The summed E-state index contributed by atoms with van der Waals surface area (Å²) in [5.74, 6) is 0.331. The second-order valence-electron chi connectivity index (χ2n) is 7.34. The number of hydrogen-bond donors (Lipinski definition) is 0. The van der Waals surface area contributed by atoms with Gasteiger partial charge < -0.3 is 24.0 Å². The van der Waals surface area contributed by atoms with Crippen LogP contribution in [0.5, 0.6) is 0 Å². The molecule has 142 valence electrons. The minimum absolute atomic E-state index is 0.0234. The van der Waals surface area contributed by atoms with Crippen molar-refractivity contribution in [2.75, 3.05) is 59.5 Å². The molecule has 2 amide bonds. The van der Waals surface area contributed by atoms with Crippen molar-refractivity contribution in [3.63, 3.8) is 0 Å². The fraction of sp³-hybridized carbons (Fsp3) is 0.722. The maximum absolute atomic E-state index is 13.1. The number of hydrogen-bond acceptors (Lipinski definition) is 5. The number of rotatable bonds is 2. The molecule has 0 bridgehead atoms. The van der Waals surface area contributed by atoms with Gasteiger partial charge in [-0.15, -0.1) is 0 Å². The molecule has 0 radical (unpaired) electrons. The van der Waals surface area contributed by atoms with E-state index in [4.69, 9.17) is 4.74 Å². The van der Waals surface area contributed by atoms with Gasteiger partial charge in [0.25, 0.3) is 11.8 Å². The van der Waals surface area contributed by atoms with E-state index in [1.54, 1.807) is 4.90 Å². The number of nitrogens with zero attached hydrogens (tertiary/aromatic N) is 5. The SMILES string of the molecule is CN1CCN(C(=O)c2nc(C(=O)N3CCOCC3)n3c2CCCC3)CC1. The Bertz CT molecular complexity index is 687. The lowest BCUT2D eigenvalue weighted by molar-refractivity contribution is 0.0291. The molecule has 0 spiro atoms. The first kappa shape index (κ1) is 17.5. The highest BCUT2D eigenvalue weighted by Gasteiger charge is 2.32. The van der Waals surface area contributed by atoms with Gasteiger partial charge in [-0.25, -0.2) is 4.98 Å². The van der Waals surface area contributed by atoms with E-state index in [-0.39, 0.29) is 11.8 Å². The molecule has 8 nitrogen and oxygen atoms in total. The van der Waals surface area contributed by atoms with Gasteiger partial charge >= 0.3 is 0 Å². The Morgan fingerprint density at radius 3 is 2.31 bits per heavy atom. The van der Waals surface area contributed by atoms with E-state index >= 15 is 0 Å². The third-order valence-electron chi connectivity index (χ3n) is 5.60. The molecule has 3 aliphatic heterocycles. The lowest BCUT2D eigenvalue weighted by atomic mass is 10.1. The van der Waals surface area contributed by atoms with Crippen LogP contribution in [0.2, 0.25) is 0 Å². The molecule has 0 N–H and O–H groups in total. The molecule has 4 heterocycles. The molecule has 0 aromatic carbocycles. The second-order valence-corrected chi connectivity index (χ2v) is 7.34. The van der Waals surface area contributed by atoms with Crippen molar-refractivity contribution in [2.24, 2.45) is 0 Å². The Hall–Kier alpha value is -1.93. The maximum Gasteiger partial charge on any atom is 0.290 e. The van der Waals surface area contributed by atoms with Gasteiger partial charge in [0.2, 0.25) is 0 Å². The van der Waals surface area contributed by atoms with Crippen LogP contribution in [0.25, 0.3) is 0 Å². The molecule has 1 aromatic rings. The fourth-order valence-corrected chi connectivity index (χ4v) is 3.94. The summed E-state index contributed by atoms with van der Waals surface area (Å²) < 4.78 is 7.33. The van der Waals surface area contributed by atoms with E-state index in [0.717, 1.165) is 44.6 Å². The molecule has 4 rings (SSSR count). The van der Waals surface area contributed by atoms with E-state index in [1.165, 1.54) is 0 Å². The van der Waals surface area contributed by atoms with E-state index in [1.807, 2.05) is 9.47 Å². The Morgan fingerprint density at radius 2 is 1.58 bits per heavy atom. The number of piperazine rings is 1. The lowest BCUT2D eigenvalue weighted by Crippen LogP contribution is -2.47. The van der Waals surface area contributed by atoms with Crippen molar-refractivity contribution in [3.05, 3.63) is 17.2 Å². The number of likely N-dealkylation sites (N-methyl/N-ethyl adjacent to an activating group) is 1. The number of ether oxygens (including phenoxy) is 1. The zero-order chi connectivity index (χ0) is 18.1. The van der Waals surface area contributed by atoms with E-state index < -0.39 is 0 Å². The van der Waals surface area contributed by atoms with Crippen LogP contribution in [0.15, 0.2) is 0 Å². The monoisotopic (exact) mass is 361 g/mol. The van der Waals surface area contributed by atoms with E-state index in [0.29, 0.717) is 50.9 Å². The zero-order valence-corrected chi connectivity index (χ0v) is 15.4. The van der Waals surface area contributed by atoms with Crippen molar-refractivity contribution in [1.82, 2.24) is 24.3 Å². The number of aromatic nitrogens is 2. The molecule has 26 heavy (non-hydrogen) atoms. The first-order chi connectivity index (χ1) is 12.6. The highest BCUT2D eigenvalue weighted by molar-refractivity contribution is 5.97. The molecule has 2 fully saturated rings. The van der Waals surface area contributed by atoms with Crippen molar-refractivity contribution >= 4 is 11.8 Å². The number of imidazole rings is 1. The van der Waals surface area contributed by atoms with Crippen molar-refractivity contribution in [2.45, 2.75) is 25.8 Å². The third-order valence-corrected chi connectivity index (χ3v) is 5.60. The van der Waals surface area contributed by atoms with Crippen molar-refractivity contribution < 1.29 is 14.3 Å². The van der Waals surface area contributed by atoms with Crippen LogP contribution in [0.1, 0.15) is 39.6 Å². The summed E-state index contributed by atoms with van der Waals surface area (Å²) in [6, 6.07) is 0. The van der Waals surface area contributed by atoms with Crippen molar-refractivity contribution in [1.29, 1.82) is 0 Å². The maximum atomic E-state index is 13.1. The summed E-state index contributed by atoms with van der Waals surface area (Å²) in [5, 5.41) is 0. The van der Waals surface area contributed by atoms with Gasteiger partial charge in [0.05, 0.1) is 18.9 Å². The number of carbonyl (C=O) groups is 2. The van der Waals surface area contributed by atoms with Crippen LogP contribution < -0.4 is 0 Å². The first-order valence-corrected chi connectivity index (χ1v) is 9.59. The molecule has 2 saturated heterocycles. The Balaban J connectivity index is 1.62.